The van der Waals surface area contributed by atoms with Gasteiger partial charge in [0.05, 0.1) is 25.9 Å². The van der Waals surface area contributed by atoms with Crippen molar-refractivity contribution in [2.24, 2.45) is 0 Å². The van der Waals surface area contributed by atoms with Gasteiger partial charge in [-0.05, 0) is 136 Å². The Labute approximate surface area is 341 Å². The highest BCUT2D eigenvalue weighted by Gasteiger charge is 2.42. The lowest BCUT2D eigenvalue weighted by Gasteiger charge is -2.21. The van der Waals surface area contributed by atoms with E-state index >= 15 is 0 Å². The quantitative estimate of drug-likeness (QED) is 0.0405. The Kier molecular flexibility index (Phi) is 17.1. The zero-order valence-electron chi connectivity index (χ0n) is 33.1. The Morgan fingerprint density at radius 1 is 0.621 bits per heavy atom. The van der Waals surface area contributed by atoms with E-state index in [1.54, 1.807) is 24.3 Å². The maximum absolute atomic E-state index is 13.0. The maximum Gasteiger partial charge on any atom is 0.336 e. The van der Waals surface area contributed by atoms with Crippen molar-refractivity contribution in [3.05, 3.63) is 126 Å². The van der Waals surface area contributed by atoms with Gasteiger partial charge in [-0.25, -0.2) is 19.2 Å². The van der Waals surface area contributed by atoms with Gasteiger partial charge in [-0.3, -0.25) is 0 Å². The number of fused-ring (bicyclic) bond motifs is 5. The molecule has 0 radical (unpaired) electrons. The summed E-state index contributed by atoms with van der Waals surface area (Å²) in [5.74, 6) is 0.462. The summed E-state index contributed by atoms with van der Waals surface area (Å²) in [6, 6.07) is 18.6. The first-order valence-corrected chi connectivity index (χ1v) is 20.3. The standard InChI is InChI=1S/C48H54O10/c1-3-43(50)55-30-10-6-5-9-29-54-40-23-17-35(18-24-40)20-28-46(53)58-42-26-25-41(47-37-21-22-38(33-37)48(42)47)57-45(52)27-19-34-13-15-36(16-14-34)32-39(49)12-8-7-11-31-56-44(51)4-2/h3-4,13-20,23-28,37-39,49H,1-2,5-12,21-22,29-33H2. The molecule has 0 saturated heterocycles. The average molecular weight is 791 g/mol. The number of unbranched alkanes of at least 4 members (excludes halogenated alkanes) is 5. The van der Waals surface area contributed by atoms with Crippen molar-refractivity contribution in [1.29, 1.82) is 0 Å². The number of benzene rings is 3. The van der Waals surface area contributed by atoms with E-state index in [1.165, 1.54) is 18.2 Å². The van der Waals surface area contributed by atoms with Crippen LogP contribution in [-0.2, 0) is 35.1 Å². The fraction of sp³-hybridized carbons (Fsp3) is 0.375. The number of aliphatic hydroxyl groups is 1. The molecule has 3 atom stereocenters. The Morgan fingerprint density at radius 2 is 1.10 bits per heavy atom. The van der Waals surface area contributed by atoms with Gasteiger partial charge in [0, 0.05) is 35.4 Å². The summed E-state index contributed by atoms with van der Waals surface area (Å²) in [6.07, 6.45) is 18.3. The molecule has 0 aromatic heterocycles. The topological polar surface area (TPSA) is 135 Å². The molecule has 5 rings (SSSR count). The third kappa shape index (κ3) is 13.7. The van der Waals surface area contributed by atoms with Crippen LogP contribution in [0.2, 0.25) is 0 Å². The van der Waals surface area contributed by atoms with Crippen LogP contribution in [0.4, 0.5) is 0 Å². The van der Waals surface area contributed by atoms with Gasteiger partial charge >= 0.3 is 23.9 Å². The first kappa shape index (κ1) is 43.4. The predicted octanol–water partition coefficient (Wildman–Crippen LogP) is 9.15. The smallest absolute Gasteiger partial charge is 0.336 e. The lowest BCUT2D eigenvalue weighted by Crippen LogP contribution is -2.11. The fourth-order valence-corrected chi connectivity index (χ4v) is 7.42. The number of rotatable bonds is 24. The van der Waals surface area contributed by atoms with Crippen LogP contribution >= 0.6 is 0 Å². The van der Waals surface area contributed by atoms with Gasteiger partial charge in [-0.2, -0.15) is 0 Å². The first-order chi connectivity index (χ1) is 28.2. The summed E-state index contributed by atoms with van der Waals surface area (Å²) in [4.78, 5) is 48.1. The van der Waals surface area contributed by atoms with Crippen molar-refractivity contribution in [1.82, 2.24) is 0 Å². The van der Waals surface area contributed by atoms with E-state index in [-0.39, 0.29) is 11.8 Å². The Hall–Kier alpha value is -5.74. The van der Waals surface area contributed by atoms with E-state index in [4.69, 9.17) is 23.7 Å². The van der Waals surface area contributed by atoms with E-state index in [9.17, 15) is 24.3 Å². The summed E-state index contributed by atoms with van der Waals surface area (Å²) >= 11 is 0. The van der Waals surface area contributed by atoms with E-state index in [0.29, 0.717) is 44.2 Å². The third-order valence-corrected chi connectivity index (χ3v) is 10.3. The number of esters is 4. The van der Waals surface area contributed by atoms with Crippen molar-refractivity contribution < 1.29 is 48.0 Å². The summed E-state index contributed by atoms with van der Waals surface area (Å²) in [6.45, 7) is 8.09. The number of carbonyl (C=O) groups is 4. The molecule has 58 heavy (non-hydrogen) atoms. The number of ether oxygens (including phenoxy) is 5. The Morgan fingerprint density at radius 3 is 1.62 bits per heavy atom. The van der Waals surface area contributed by atoms with Crippen molar-refractivity contribution in [2.75, 3.05) is 19.8 Å². The van der Waals surface area contributed by atoms with E-state index in [0.717, 1.165) is 104 Å². The average Bonchev–Trinajstić information content (AvgIpc) is 3.87. The molecule has 1 fully saturated rings. The molecule has 2 aliphatic rings. The van der Waals surface area contributed by atoms with Crippen molar-refractivity contribution in [3.8, 4) is 17.2 Å². The summed E-state index contributed by atoms with van der Waals surface area (Å²) < 4.78 is 27.5. The maximum atomic E-state index is 13.0. The second-order valence-electron chi connectivity index (χ2n) is 14.6. The van der Waals surface area contributed by atoms with Gasteiger partial charge in [-0.15, -0.1) is 0 Å². The number of aliphatic hydroxyl groups excluding tert-OH is 1. The number of carbonyl (C=O) groups excluding carboxylic acids is 4. The molecule has 0 amide bonds. The molecule has 3 unspecified atom stereocenters. The van der Waals surface area contributed by atoms with Crippen LogP contribution < -0.4 is 14.2 Å². The monoisotopic (exact) mass is 790 g/mol. The van der Waals surface area contributed by atoms with Gasteiger partial charge in [0.15, 0.2) is 0 Å². The number of hydrogen-bond acceptors (Lipinski definition) is 10. The minimum absolute atomic E-state index is 0.251. The van der Waals surface area contributed by atoms with Gasteiger partial charge in [-0.1, -0.05) is 56.0 Å². The van der Waals surface area contributed by atoms with Gasteiger partial charge in [0.2, 0.25) is 0 Å². The van der Waals surface area contributed by atoms with Crippen LogP contribution in [0.15, 0.2) is 98.1 Å². The van der Waals surface area contributed by atoms with Crippen molar-refractivity contribution >= 4 is 36.0 Å². The van der Waals surface area contributed by atoms with E-state index < -0.39 is 30.0 Å². The predicted molar refractivity (Wildman–Crippen MR) is 222 cm³/mol. The van der Waals surface area contributed by atoms with Crippen LogP contribution in [0.25, 0.3) is 12.2 Å². The molecule has 10 nitrogen and oxygen atoms in total. The van der Waals surface area contributed by atoms with Gasteiger partial charge in [0.25, 0.3) is 0 Å². The van der Waals surface area contributed by atoms with Crippen molar-refractivity contribution in [2.45, 2.75) is 95.0 Å². The van der Waals surface area contributed by atoms with E-state index in [1.807, 2.05) is 48.5 Å². The van der Waals surface area contributed by atoms with Crippen LogP contribution in [0.5, 0.6) is 17.2 Å². The first-order valence-electron chi connectivity index (χ1n) is 20.3. The molecule has 0 heterocycles. The van der Waals surface area contributed by atoms with Crippen LogP contribution in [0.1, 0.15) is 110 Å². The molecule has 2 bridgehead atoms. The summed E-state index contributed by atoms with van der Waals surface area (Å²) in [5, 5.41) is 10.5. The highest BCUT2D eigenvalue weighted by atomic mass is 16.5. The van der Waals surface area contributed by atoms with Crippen molar-refractivity contribution in [3.63, 3.8) is 0 Å². The molecule has 3 aromatic rings. The Balaban J connectivity index is 1.06. The highest BCUT2D eigenvalue weighted by molar-refractivity contribution is 5.90. The molecular formula is C48H54O10. The van der Waals surface area contributed by atoms with Crippen LogP contribution in [0, 0.1) is 0 Å². The SMILES string of the molecule is C=CC(=O)OCCCCCCOc1ccc(C=CC(=O)Oc2ccc(OC(=O)C=Cc3ccc(CC(O)CCCCCOC(=O)C=C)cc3)c3c2C2CCC3C2)cc1. The second kappa shape index (κ2) is 22.9. The molecule has 0 spiro atoms. The van der Waals surface area contributed by atoms with Gasteiger partial charge in [0.1, 0.15) is 17.2 Å². The number of hydrogen-bond donors (Lipinski definition) is 1. The molecule has 0 aliphatic heterocycles. The molecule has 306 valence electrons. The molecule has 1 saturated carbocycles. The lowest BCUT2D eigenvalue weighted by atomic mass is 9.90. The zero-order valence-corrected chi connectivity index (χ0v) is 33.1. The molecule has 3 aromatic carbocycles. The van der Waals surface area contributed by atoms with Crippen LogP contribution in [-0.4, -0.2) is 54.9 Å². The third-order valence-electron chi connectivity index (χ3n) is 10.3. The van der Waals surface area contributed by atoms with Crippen LogP contribution in [0.3, 0.4) is 0 Å². The minimum atomic E-state index is -0.492. The summed E-state index contributed by atoms with van der Waals surface area (Å²) in [5.41, 5.74) is 4.57. The highest BCUT2D eigenvalue weighted by Crippen LogP contribution is 2.58. The summed E-state index contributed by atoms with van der Waals surface area (Å²) in [7, 11) is 0. The lowest BCUT2D eigenvalue weighted by molar-refractivity contribution is -0.138. The second-order valence-corrected chi connectivity index (χ2v) is 14.6. The van der Waals surface area contributed by atoms with Gasteiger partial charge < -0.3 is 28.8 Å². The minimum Gasteiger partial charge on any atom is -0.494 e. The van der Waals surface area contributed by atoms with E-state index in [2.05, 4.69) is 13.2 Å². The molecule has 1 N–H and O–H groups in total. The molecular weight excluding hydrogens is 737 g/mol. The zero-order chi connectivity index (χ0) is 41.1. The Bertz CT molecular complexity index is 1920. The normalized spacial score (nSPS) is 15.8. The molecule has 2 aliphatic carbocycles. The fourth-order valence-electron chi connectivity index (χ4n) is 7.42. The largest absolute Gasteiger partial charge is 0.494 e. The molecule has 10 heteroatoms.